The Morgan fingerprint density at radius 2 is 2.00 bits per heavy atom. The summed E-state index contributed by atoms with van der Waals surface area (Å²) in [6, 6.07) is 8.48. The molecule has 0 aromatic heterocycles. The molecule has 0 bridgehead atoms. The number of hydrogen-bond donors (Lipinski definition) is 1. The number of halogens is 2. The lowest BCUT2D eigenvalue weighted by atomic mass is 10.1. The molecule has 1 N–H and O–H groups in total. The summed E-state index contributed by atoms with van der Waals surface area (Å²) in [5.74, 6) is 0.185. The lowest BCUT2D eigenvalue weighted by Gasteiger charge is -2.20. The first kappa shape index (κ1) is 15.9. The molecule has 116 valence electrons. The van der Waals surface area contributed by atoms with Gasteiger partial charge in [-0.05, 0) is 31.4 Å². The van der Waals surface area contributed by atoms with Crippen molar-refractivity contribution < 1.29 is 13.6 Å². The molecule has 1 fully saturated rings. The van der Waals surface area contributed by atoms with Crippen LogP contribution in [0, 0.1) is 0 Å². The number of alkyl halides is 2. The summed E-state index contributed by atoms with van der Waals surface area (Å²) < 4.78 is 26.1. The van der Waals surface area contributed by atoms with Gasteiger partial charge in [0.05, 0.1) is 6.04 Å². The summed E-state index contributed by atoms with van der Waals surface area (Å²) >= 11 is 0. The van der Waals surface area contributed by atoms with Crippen LogP contribution in [0.1, 0.15) is 24.8 Å². The molecule has 1 aliphatic rings. The zero-order valence-electron chi connectivity index (χ0n) is 12.1. The first-order valence-electron chi connectivity index (χ1n) is 7.50. The van der Waals surface area contributed by atoms with E-state index in [1.807, 2.05) is 35.2 Å². The minimum atomic E-state index is -2.39. The number of carbonyl (C=O) groups is 1. The highest BCUT2D eigenvalue weighted by Crippen LogP contribution is 2.11. The van der Waals surface area contributed by atoms with Gasteiger partial charge in [0.15, 0.2) is 0 Å². The molecule has 0 radical (unpaired) electrons. The maximum absolute atomic E-state index is 13.0. The molecule has 1 aromatic rings. The van der Waals surface area contributed by atoms with Crippen molar-refractivity contribution in [1.29, 1.82) is 0 Å². The summed E-state index contributed by atoms with van der Waals surface area (Å²) in [5.41, 5.74) is 0.907. The van der Waals surface area contributed by atoms with Crippen molar-refractivity contribution in [2.75, 3.05) is 19.6 Å². The standard InChI is InChI=1S/C16H22F2N2O/c17-16(18)14(12-13-6-2-1-3-7-13)19-9-5-11-20-10-4-8-15(20)21/h1-3,6-7,14,16,19H,4-5,8-12H2. The smallest absolute Gasteiger partial charge is 0.254 e. The molecule has 1 aromatic carbocycles. The van der Waals surface area contributed by atoms with Crippen LogP contribution >= 0.6 is 0 Å². The number of likely N-dealkylation sites (tertiary alicyclic amines) is 1. The second kappa shape index (κ2) is 8.08. The van der Waals surface area contributed by atoms with E-state index in [4.69, 9.17) is 0 Å². The first-order valence-corrected chi connectivity index (χ1v) is 7.50. The third kappa shape index (κ3) is 5.08. The highest BCUT2D eigenvalue weighted by atomic mass is 19.3. The molecule has 2 rings (SSSR count). The summed E-state index contributed by atoms with van der Waals surface area (Å²) in [5, 5.41) is 2.92. The summed E-state index contributed by atoms with van der Waals surface area (Å²) in [6.07, 6.45) is 0.185. The zero-order chi connectivity index (χ0) is 15.1. The lowest BCUT2D eigenvalue weighted by molar-refractivity contribution is -0.127. The van der Waals surface area contributed by atoms with Gasteiger partial charge in [0, 0.05) is 19.5 Å². The molecule has 1 aliphatic heterocycles. The first-order chi connectivity index (χ1) is 10.2. The molecule has 1 saturated heterocycles. The maximum Gasteiger partial charge on any atom is 0.254 e. The third-order valence-corrected chi connectivity index (χ3v) is 3.79. The highest BCUT2D eigenvalue weighted by Gasteiger charge is 2.21. The summed E-state index contributed by atoms with van der Waals surface area (Å²) in [4.78, 5) is 13.3. The molecule has 1 atom stereocenters. The van der Waals surface area contributed by atoms with Gasteiger partial charge in [-0.15, -0.1) is 0 Å². The van der Waals surface area contributed by atoms with Gasteiger partial charge >= 0.3 is 0 Å². The second-order valence-corrected chi connectivity index (χ2v) is 5.42. The molecule has 21 heavy (non-hydrogen) atoms. The lowest BCUT2D eigenvalue weighted by Crippen LogP contribution is -2.39. The van der Waals surface area contributed by atoms with Crippen molar-refractivity contribution in [3.05, 3.63) is 35.9 Å². The Morgan fingerprint density at radius 1 is 1.24 bits per heavy atom. The number of amides is 1. The van der Waals surface area contributed by atoms with Crippen molar-refractivity contribution in [3.8, 4) is 0 Å². The van der Waals surface area contributed by atoms with Crippen LogP contribution in [0.15, 0.2) is 30.3 Å². The second-order valence-electron chi connectivity index (χ2n) is 5.42. The van der Waals surface area contributed by atoms with Crippen LogP contribution < -0.4 is 5.32 Å². The van der Waals surface area contributed by atoms with E-state index < -0.39 is 12.5 Å². The van der Waals surface area contributed by atoms with Gasteiger partial charge in [-0.25, -0.2) is 8.78 Å². The van der Waals surface area contributed by atoms with E-state index in [-0.39, 0.29) is 5.91 Å². The van der Waals surface area contributed by atoms with Crippen LogP contribution in [0.5, 0.6) is 0 Å². The molecule has 5 heteroatoms. The fourth-order valence-electron chi connectivity index (χ4n) is 2.62. The predicted octanol–water partition coefficient (Wildman–Crippen LogP) is 2.46. The average molecular weight is 296 g/mol. The minimum absolute atomic E-state index is 0.185. The monoisotopic (exact) mass is 296 g/mol. The molecule has 0 spiro atoms. The van der Waals surface area contributed by atoms with Crippen LogP contribution in [0.2, 0.25) is 0 Å². The molecule has 0 aliphatic carbocycles. The number of nitrogens with one attached hydrogen (secondary N) is 1. The topological polar surface area (TPSA) is 32.3 Å². The van der Waals surface area contributed by atoms with Crippen molar-refractivity contribution >= 4 is 5.91 Å². The largest absolute Gasteiger partial charge is 0.343 e. The van der Waals surface area contributed by atoms with Gasteiger partial charge in [0.2, 0.25) is 5.91 Å². The van der Waals surface area contributed by atoms with Crippen molar-refractivity contribution in [1.82, 2.24) is 10.2 Å². The Morgan fingerprint density at radius 3 is 2.62 bits per heavy atom. The number of carbonyl (C=O) groups excluding carboxylic acids is 1. The van der Waals surface area contributed by atoms with E-state index in [1.54, 1.807) is 0 Å². The Bertz CT molecular complexity index is 439. The predicted molar refractivity (Wildman–Crippen MR) is 78.4 cm³/mol. The molecule has 1 unspecified atom stereocenters. The fourth-order valence-corrected chi connectivity index (χ4v) is 2.62. The molecule has 1 amide bonds. The van der Waals surface area contributed by atoms with Crippen molar-refractivity contribution in [2.45, 2.75) is 38.2 Å². The van der Waals surface area contributed by atoms with Crippen LogP contribution in [-0.2, 0) is 11.2 Å². The van der Waals surface area contributed by atoms with E-state index in [0.29, 0.717) is 32.4 Å². The number of hydrogen-bond acceptors (Lipinski definition) is 2. The Balaban J connectivity index is 1.71. The SMILES string of the molecule is O=C1CCCN1CCCNC(Cc1ccccc1)C(F)F. The Labute approximate surface area is 124 Å². The van der Waals surface area contributed by atoms with Gasteiger partial charge in [-0.3, -0.25) is 4.79 Å². The minimum Gasteiger partial charge on any atom is -0.343 e. The third-order valence-electron chi connectivity index (χ3n) is 3.79. The highest BCUT2D eigenvalue weighted by molar-refractivity contribution is 5.77. The van der Waals surface area contributed by atoms with Crippen LogP contribution in [0.4, 0.5) is 8.78 Å². The number of benzene rings is 1. The average Bonchev–Trinajstić information content (AvgIpc) is 2.88. The normalized spacial score (nSPS) is 16.7. The van der Waals surface area contributed by atoms with Gasteiger partial charge < -0.3 is 10.2 Å². The summed E-state index contributed by atoms with van der Waals surface area (Å²) in [6.45, 7) is 1.97. The molecular weight excluding hydrogens is 274 g/mol. The molecule has 1 heterocycles. The van der Waals surface area contributed by atoms with Crippen molar-refractivity contribution in [3.63, 3.8) is 0 Å². The Hall–Kier alpha value is -1.49. The van der Waals surface area contributed by atoms with Gasteiger partial charge in [0.1, 0.15) is 0 Å². The van der Waals surface area contributed by atoms with E-state index in [9.17, 15) is 13.6 Å². The quantitative estimate of drug-likeness (QED) is 0.747. The zero-order valence-corrected chi connectivity index (χ0v) is 12.1. The van der Waals surface area contributed by atoms with Crippen LogP contribution in [-0.4, -0.2) is 42.9 Å². The van der Waals surface area contributed by atoms with Crippen LogP contribution in [0.25, 0.3) is 0 Å². The molecular formula is C16H22F2N2O. The summed E-state index contributed by atoms with van der Waals surface area (Å²) in [7, 11) is 0. The van der Waals surface area contributed by atoms with Gasteiger partial charge in [-0.2, -0.15) is 0 Å². The van der Waals surface area contributed by atoms with Gasteiger partial charge in [-0.1, -0.05) is 30.3 Å². The van der Waals surface area contributed by atoms with E-state index in [0.717, 1.165) is 18.5 Å². The van der Waals surface area contributed by atoms with E-state index in [1.165, 1.54) is 0 Å². The van der Waals surface area contributed by atoms with E-state index >= 15 is 0 Å². The Kier molecular flexibility index (Phi) is 6.11. The fraction of sp³-hybridized carbons (Fsp3) is 0.562. The van der Waals surface area contributed by atoms with Crippen LogP contribution in [0.3, 0.4) is 0 Å². The maximum atomic E-state index is 13.0. The van der Waals surface area contributed by atoms with E-state index in [2.05, 4.69) is 5.32 Å². The number of rotatable bonds is 8. The molecule has 0 saturated carbocycles. The number of nitrogens with zero attached hydrogens (tertiary/aromatic N) is 1. The van der Waals surface area contributed by atoms with Gasteiger partial charge in [0.25, 0.3) is 6.43 Å². The molecule has 3 nitrogen and oxygen atoms in total. The van der Waals surface area contributed by atoms with Crippen molar-refractivity contribution in [2.24, 2.45) is 0 Å².